The van der Waals surface area contributed by atoms with Gasteiger partial charge in [0, 0.05) is 18.3 Å². The van der Waals surface area contributed by atoms with Crippen molar-refractivity contribution in [2.75, 3.05) is 24.0 Å². The van der Waals surface area contributed by atoms with Crippen molar-refractivity contribution in [1.29, 1.82) is 0 Å². The average molecular weight is 524 g/mol. The third kappa shape index (κ3) is 2.63. The first-order valence-electron chi connectivity index (χ1n) is 12.0. The zero-order chi connectivity index (χ0) is 26.5. The van der Waals surface area contributed by atoms with E-state index in [-0.39, 0.29) is 11.3 Å². The molecule has 0 saturated heterocycles. The Bertz CT molecular complexity index is 1940. The molecule has 2 aromatic heterocycles. The van der Waals surface area contributed by atoms with Gasteiger partial charge < -0.3 is 14.1 Å². The quantitative estimate of drug-likeness (QED) is 0.327. The molecule has 4 heterocycles. The first-order chi connectivity index (χ1) is 18.3. The fraction of sp³-hybridized carbons (Fsp3) is 0.172. The lowest BCUT2D eigenvalue weighted by molar-refractivity contribution is -0.121. The first-order valence-corrected chi connectivity index (χ1v) is 12.8. The highest BCUT2D eigenvalue weighted by Crippen LogP contribution is 2.54. The van der Waals surface area contributed by atoms with E-state index in [9.17, 15) is 14.4 Å². The number of amides is 2. The summed E-state index contributed by atoms with van der Waals surface area (Å²) in [7, 11) is 3.23. The van der Waals surface area contributed by atoms with Crippen LogP contribution in [-0.4, -0.2) is 31.0 Å². The molecule has 2 aliphatic heterocycles. The SMILES string of the molecule is COc1ccc2nc(N3C(=O)c4oc5cc(C)c(C)cc5c(=O)c4C34C(=O)N(C)c3ccccc34)sc2c1. The van der Waals surface area contributed by atoms with Gasteiger partial charge in [-0.2, -0.15) is 0 Å². The molecule has 5 aromatic rings. The van der Waals surface area contributed by atoms with Gasteiger partial charge in [-0.25, -0.2) is 4.98 Å². The molecule has 2 aliphatic rings. The monoisotopic (exact) mass is 523 g/mol. The van der Waals surface area contributed by atoms with Gasteiger partial charge in [-0.3, -0.25) is 19.3 Å². The second kappa shape index (κ2) is 7.52. The molecular weight excluding hydrogens is 502 g/mol. The second-order valence-corrected chi connectivity index (χ2v) is 10.6. The van der Waals surface area contributed by atoms with Crippen molar-refractivity contribution < 1.29 is 18.7 Å². The Balaban J connectivity index is 1.61. The summed E-state index contributed by atoms with van der Waals surface area (Å²) in [6.07, 6.45) is 0. The number of ether oxygens (including phenoxy) is 1. The van der Waals surface area contributed by atoms with Gasteiger partial charge in [-0.15, -0.1) is 0 Å². The number of fused-ring (bicyclic) bond motifs is 6. The Morgan fingerprint density at radius 1 is 1.00 bits per heavy atom. The molecular formula is C29H21N3O5S. The van der Waals surface area contributed by atoms with Crippen molar-refractivity contribution in [3.05, 3.63) is 92.8 Å². The molecule has 1 unspecified atom stereocenters. The van der Waals surface area contributed by atoms with Gasteiger partial charge in [0.05, 0.1) is 28.3 Å². The Hall–Kier alpha value is -4.50. The molecule has 3 aromatic carbocycles. The minimum absolute atomic E-state index is 0.0249. The molecule has 38 heavy (non-hydrogen) atoms. The zero-order valence-corrected chi connectivity index (χ0v) is 21.8. The maximum absolute atomic E-state index is 14.3. The van der Waals surface area contributed by atoms with Gasteiger partial charge in [-0.05, 0) is 61.4 Å². The highest BCUT2D eigenvalue weighted by atomic mass is 32.1. The lowest BCUT2D eigenvalue weighted by Gasteiger charge is -2.31. The number of nitrogens with zero attached hydrogens (tertiary/aromatic N) is 3. The number of aromatic nitrogens is 1. The predicted molar refractivity (Wildman–Crippen MR) is 146 cm³/mol. The summed E-state index contributed by atoms with van der Waals surface area (Å²) in [6, 6.07) is 16.1. The Kier molecular flexibility index (Phi) is 4.49. The normalized spacial score (nSPS) is 18.2. The zero-order valence-electron chi connectivity index (χ0n) is 21.0. The molecule has 188 valence electrons. The van der Waals surface area contributed by atoms with Crippen LogP contribution in [0.4, 0.5) is 10.8 Å². The molecule has 0 aliphatic carbocycles. The first kappa shape index (κ1) is 22.7. The van der Waals surface area contributed by atoms with Crippen LogP contribution in [0.5, 0.6) is 5.75 Å². The highest BCUT2D eigenvalue weighted by Gasteiger charge is 2.65. The van der Waals surface area contributed by atoms with Crippen LogP contribution in [-0.2, 0) is 10.3 Å². The summed E-state index contributed by atoms with van der Waals surface area (Å²) in [5.41, 5.74) is 1.82. The molecule has 0 saturated carbocycles. The summed E-state index contributed by atoms with van der Waals surface area (Å²) < 4.78 is 12.3. The van der Waals surface area contributed by atoms with Crippen molar-refractivity contribution in [2.24, 2.45) is 0 Å². The largest absolute Gasteiger partial charge is 0.497 e. The van der Waals surface area contributed by atoms with Gasteiger partial charge in [-0.1, -0.05) is 29.5 Å². The predicted octanol–water partition coefficient (Wildman–Crippen LogP) is 4.91. The number of rotatable bonds is 2. The van der Waals surface area contributed by atoms with E-state index < -0.39 is 22.8 Å². The van der Waals surface area contributed by atoms with Gasteiger partial charge in [0.1, 0.15) is 11.3 Å². The molecule has 0 radical (unpaired) electrons. The molecule has 0 fully saturated rings. The van der Waals surface area contributed by atoms with Crippen LogP contribution >= 0.6 is 11.3 Å². The highest BCUT2D eigenvalue weighted by molar-refractivity contribution is 7.22. The van der Waals surface area contributed by atoms with Crippen molar-refractivity contribution in [2.45, 2.75) is 19.4 Å². The number of anilines is 2. The number of hydrogen-bond acceptors (Lipinski definition) is 7. The van der Waals surface area contributed by atoms with Gasteiger partial charge in [0.25, 0.3) is 11.8 Å². The smallest absolute Gasteiger partial charge is 0.297 e. The molecule has 9 heteroatoms. The molecule has 1 atom stereocenters. The van der Waals surface area contributed by atoms with Crippen molar-refractivity contribution in [1.82, 2.24) is 4.98 Å². The van der Waals surface area contributed by atoms with E-state index in [0.717, 1.165) is 15.8 Å². The molecule has 1 spiro atoms. The van der Waals surface area contributed by atoms with Crippen molar-refractivity contribution in [3.63, 3.8) is 0 Å². The van der Waals surface area contributed by atoms with Crippen LogP contribution in [0.3, 0.4) is 0 Å². The fourth-order valence-electron chi connectivity index (χ4n) is 5.64. The van der Waals surface area contributed by atoms with E-state index >= 15 is 0 Å². The second-order valence-electron chi connectivity index (χ2n) is 9.63. The molecule has 7 rings (SSSR count). The number of benzene rings is 3. The fourth-order valence-corrected chi connectivity index (χ4v) is 6.68. The Labute approximate surface area is 220 Å². The minimum Gasteiger partial charge on any atom is -0.497 e. The van der Waals surface area contributed by atoms with Crippen LogP contribution in [0.25, 0.3) is 21.2 Å². The van der Waals surface area contributed by atoms with Gasteiger partial charge in [0.2, 0.25) is 5.76 Å². The van der Waals surface area contributed by atoms with Gasteiger partial charge >= 0.3 is 0 Å². The van der Waals surface area contributed by atoms with Crippen molar-refractivity contribution in [3.8, 4) is 5.75 Å². The van der Waals surface area contributed by atoms with Crippen LogP contribution in [0, 0.1) is 13.8 Å². The third-order valence-electron chi connectivity index (χ3n) is 7.65. The summed E-state index contributed by atoms with van der Waals surface area (Å²) in [5.74, 6) is -0.491. The van der Waals surface area contributed by atoms with E-state index in [2.05, 4.69) is 0 Å². The summed E-state index contributed by atoms with van der Waals surface area (Å²) in [6.45, 7) is 3.83. The van der Waals surface area contributed by atoms with E-state index in [1.165, 1.54) is 21.1 Å². The van der Waals surface area contributed by atoms with Crippen molar-refractivity contribution >= 4 is 55.2 Å². The van der Waals surface area contributed by atoms with Gasteiger partial charge in [0.15, 0.2) is 16.1 Å². The number of carbonyl (C=O) groups excluding carboxylic acids is 2. The van der Waals surface area contributed by atoms with Crippen LogP contribution in [0.2, 0.25) is 0 Å². The minimum atomic E-state index is -1.75. The average Bonchev–Trinajstić information content (AvgIpc) is 3.51. The standard InChI is InChI=1S/C29H21N3O5S/c1-14-11-17-21(12-15(14)2)37-25-23(24(17)33)29(18-7-5-6-8-20(18)31(3)27(29)35)32(26(25)34)28-30-19-10-9-16(36-4)13-22(19)38-28/h5-13H,1-4H3. The summed E-state index contributed by atoms with van der Waals surface area (Å²) in [5, 5.41) is 0.619. The molecule has 2 amide bonds. The molecule has 8 nitrogen and oxygen atoms in total. The topological polar surface area (TPSA) is 93.0 Å². The maximum atomic E-state index is 14.3. The maximum Gasteiger partial charge on any atom is 0.297 e. The van der Waals surface area contributed by atoms with E-state index in [1.807, 2.05) is 32.0 Å². The van der Waals surface area contributed by atoms with Crippen LogP contribution in [0.1, 0.15) is 32.8 Å². The Morgan fingerprint density at radius 2 is 1.76 bits per heavy atom. The molecule has 0 bridgehead atoms. The number of methoxy groups -OCH3 is 1. The lowest BCUT2D eigenvalue weighted by atomic mass is 9.84. The molecule has 0 N–H and O–H groups in total. The summed E-state index contributed by atoms with van der Waals surface area (Å²) in [4.78, 5) is 50.4. The number of hydrogen-bond donors (Lipinski definition) is 0. The number of likely N-dealkylation sites (N-methyl/N-ethyl adjacent to an activating group) is 1. The number of para-hydroxylation sites is 1. The number of carbonyl (C=O) groups is 2. The summed E-state index contributed by atoms with van der Waals surface area (Å²) >= 11 is 1.25. The lowest BCUT2D eigenvalue weighted by Crippen LogP contribution is -2.53. The third-order valence-corrected chi connectivity index (χ3v) is 8.65. The van der Waals surface area contributed by atoms with Crippen LogP contribution in [0.15, 0.2) is 63.8 Å². The van der Waals surface area contributed by atoms with E-state index in [1.54, 1.807) is 50.6 Å². The van der Waals surface area contributed by atoms with E-state index in [0.29, 0.717) is 38.6 Å². The Morgan fingerprint density at radius 3 is 2.55 bits per heavy atom. The van der Waals surface area contributed by atoms with E-state index in [4.69, 9.17) is 14.1 Å². The van der Waals surface area contributed by atoms with Crippen LogP contribution < -0.4 is 20.0 Å². The number of thiazole rings is 1. The number of aryl methyl sites for hydroxylation is 2.